The van der Waals surface area contributed by atoms with Gasteiger partial charge in [-0.2, -0.15) is 5.10 Å². The number of nitrogens with one attached hydrogen (secondary N) is 2. The zero-order chi connectivity index (χ0) is 20.9. The lowest BCUT2D eigenvalue weighted by molar-refractivity contribution is 0.199. The minimum atomic E-state index is -0.288. The number of hydrogen-bond acceptors (Lipinski definition) is 6. The van der Waals surface area contributed by atoms with Crippen LogP contribution in [0.3, 0.4) is 0 Å². The summed E-state index contributed by atoms with van der Waals surface area (Å²) in [5, 5.41) is 13.6. The lowest BCUT2D eigenvalue weighted by Crippen LogP contribution is -2.32. The van der Waals surface area contributed by atoms with Crippen molar-refractivity contribution >= 4 is 11.9 Å². The highest BCUT2D eigenvalue weighted by molar-refractivity contribution is 5.87. The van der Waals surface area contributed by atoms with Gasteiger partial charge in [0.2, 0.25) is 5.88 Å². The third-order valence-corrected chi connectivity index (χ3v) is 5.40. The van der Waals surface area contributed by atoms with Gasteiger partial charge in [0.25, 0.3) is 0 Å². The SMILES string of the molecule is CCNC(=O)Nc1cc(CN2CCC(c3ccc(-n4cccn4)nc3C)CC2)no1. The highest BCUT2D eigenvalue weighted by Gasteiger charge is 2.23. The summed E-state index contributed by atoms with van der Waals surface area (Å²) in [7, 11) is 0. The number of hydrogen-bond donors (Lipinski definition) is 2. The average Bonchev–Trinajstić information content (AvgIpc) is 3.41. The van der Waals surface area contributed by atoms with Crippen LogP contribution >= 0.6 is 0 Å². The molecule has 9 heteroatoms. The molecule has 9 nitrogen and oxygen atoms in total. The molecule has 2 N–H and O–H groups in total. The molecule has 158 valence electrons. The third-order valence-electron chi connectivity index (χ3n) is 5.40. The summed E-state index contributed by atoms with van der Waals surface area (Å²) in [5.41, 5.74) is 3.21. The molecule has 1 saturated heterocycles. The normalized spacial score (nSPS) is 15.3. The molecule has 4 rings (SSSR count). The van der Waals surface area contributed by atoms with Crippen LogP contribution in [0.1, 0.15) is 42.6 Å². The summed E-state index contributed by atoms with van der Waals surface area (Å²) in [4.78, 5) is 18.7. The fraction of sp³-hybridized carbons (Fsp3) is 0.429. The second kappa shape index (κ2) is 9.08. The maximum Gasteiger partial charge on any atom is 0.321 e. The van der Waals surface area contributed by atoms with Crippen molar-refractivity contribution in [3.8, 4) is 5.82 Å². The number of carbonyl (C=O) groups is 1. The molecule has 3 aromatic rings. The number of piperidine rings is 1. The Kier molecular flexibility index (Phi) is 6.08. The second-order valence-corrected chi connectivity index (χ2v) is 7.51. The lowest BCUT2D eigenvalue weighted by atomic mass is 9.88. The van der Waals surface area contributed by atoms with Gasteiger partial charge in [-0.25, -0.2) is 14.5 Å². The standard InChI is InChI=1S/C21H27N7O2/c1-3-22-21(29)25-20-13-17(26-30-20)14-27-11-7-16(8-12-27)18-5-6-19(24-15(18)2)28-10-4-9-23-28/h4-6,9-10,13,16H,3,7-8,11-12,14H2,1-2H3,(H2,22,25,29). The summed E-state index contributed by atoms with van der Waals surface area (Å²) in [5.74, 6) is 1.72. The number of carbonyl (C=O) groups excluding carboxylic acids is 1. The van der Waals surface area contributed by atoms with Crippen LogP contribution in [-0.4, -0.2) is 50.5 Å². The Morgan fingerprint density at radius 3 is 2.83 bits per heavy atom. The van der Waals surface area contributed by atoms with Gasteiger partial charge in [0.15, 0.2) is 5.82 Å². The zero-order valence-corrected chi connectivity index (χ0v) is 17.3. The number of aromatic nitrogens is 4. The number of amides is 2. The van der Waals surface area contributed by atoms with Crippen molar-refractivity contribution in [3.05, 3.63) is 53.6 Å². The van der Waals surface area contributed by atoms with Gasteiger partial charge in [0, 0.05) is 37.2 Å². The molecular formula is C21H27N7O2. The number of aryl methyl sites for hydroxylation is 1. The molecule has 0 aromatic carbocycles. The van der Waals surface area contributed by atoms with Crippen molar-refractivity contribution in [1.29, 1.82) is 0 Å². The van der Waals surface area contributed by atoms with E-state index in [1.54, 1.807) is 16.9 Å². The molecule has 1 aliphatic rings. The van der Waals surface area contributed by atoms with Crippen molar-refractivity contribution in [1.82, 2.24) is 30.1 Å². The van der Waals surface area contributed by atoms with Crippen LogP contribution in [0.5, 0.6) is 0 Å². The monoisotopic (exact) mass is 409 g/mol. The Hall–Kier alpha value is -3.20. The number of anilines is 1. The van der Waals surface area contributed by atoms with Crippen LogP contribution in [0, 0.1) is 6.92 Å². The number of pyridine rings is 1. The summed E-state index contributed by atoms with van der Waals surface area (Å²) >= 11 is 0. The Morgan fingerprint density at radius 1 is 1.30 bits per heavy atom. The van der Waals surface area contributed by atoms with E-state index < -0.39 is 0 Å². The van der Waals surface area contributed by atoms with Gasteiger partial charge < -0.3 is 9.84 Å². The molecule has 0 aliphatic carbocycles. The van der Waals surface area contributed by atoms with Gasteiger partial charge in [0.1, 0.15) is 0 Å². The van der Waals surface area contributed by atoms with Gasteiger partial charge in [-0.05, 0) is 63.4 Å². The van der Waals surface area contributed by atoms with Crippen molar-refractivity contribution in [2.75, 3.05) is 25.0 Å². The molecule has 0 saturated carbocycles. The van der Waals surface area contributed by atoms with Crippen molar-refractivity contribution in [2.24, 2.45) is 0 Å². The molecular weight excluding hydrogens is 382 g/mol. The fourth-order valence-electron chi connectivity index (χ4n) is 3.92. The summed E-state index contributed by atoms with van der Waals surface area (Å²) in [6.45, 7) is 7.17. The van der Waals surface area contributed by atoms with Gasteiger partial charge in [-0.15, -0.1) is 0 Å². The number of urea groups is 1. The van der Waals surface area contributed by atoms with Crippen molar-refractivity contribution in [2.45, 2.75) is 39.2 Å². The third kappa shape index (κ3) is 4.68. The van der Waals surface area contributed by atoms with E-state index in [-0.39, 0.29) is 6.03 Å². The number of rotatable bonds is 6. The van der Waals surface area contributed by atoms with Gasteiger partial charge in [0.05, 0.1) is 5.69 Å². The minimum absolute atomic E-state index is 0.288. The first-order valence-corrected chi connectivity index (χ1v) is 10.3. The molecule has 0 spiro atoms. The molecule has 30 heavy (non-hydrogen) atoms. The van der Waals surface area contributed by atoms with E-state index in [2.05, 4.69) is 38.8 Å². The van der Waals surface area contributed by atoms with E-state index in [1.807, 2.05) is 25.3 Å². The summed E-state index contributed by atoms with van der Waals surface area (Å²) in [6.07, 6.45) is 5.81. The number of likely N-dealkylation sites (tertiary alicyclic amines) is 1. The molecule has 1 fully saturated rings. The highest BCUT2D eigenvalue weighted by Crippen LogP contribution is 2.30. The second-order valence-electron chi connectivity index (χ2n) is 7.51. The highest BCUT2D eigenvalue weighted by atomic mass is 16.5. The van der Waals surface area contributed by atoms with Crippen LogP contribution < -0.4 is 10.6 Å². The largest absolute Gasteiger partial charge is 0.338 e. The Labute approximate surface area is 175 Å². The van der Waals surface area contributed by atoms with E-state index >= 15 is 0 Å². The van der Waals surface area contributed by atoms with Crippen LogP contribution in [-0.2, 0) is 6.54 Å². The smallest absolute Gasteiger partial charge is 0.321 e. The van der Waals surface area contributed by atoms with Crippen LogP contribution in [0.25, 0.3) is 5.82 Å². The maximum atomic E-state index is 11.6. The molecule has 0 bridgehead atoms. The first-order chi connectivity index (χ1) is 14.6. The van der Waals surface area contributed by atoms with Crippen LogP contribution in [0.2, 0.25) is 0 Å². The van der Waals surface area contributed by atoms with E-state index in [0.29, 0.717) is 24.9 Å². The predicted molar refractivity (Wildman–Crippen MR) is 113 cm³/mol. The molecule has 0 atom stereocenters. The molecule has 2 amide bonds. The van der Waals surface area contributed by atoms with Gasteiger partial charge >= 0.3 is 6.03 Å². The van der Waals surface area contributed by atoms with Crippen LogP contribution in [0.15, 0.2) is 41.2 Å². The van der Waals surface area contributed by atoms with E-state index in [4.69, 9.17) is 9.51 Å². The van der Waals surface area contributed by atoms with E-state index in [1.165, 1.54) is 5.56 Å². The van der Waals surface area contributed by atoms with Gasteiger partial charge in [-0.1, -0.05) is 11.2 Å². The van der Waals surface area contributed by atoms with E-state index in [9.17, 15) is 4.79 Å². The quantitative estimate of drug-likeness (QED) is 0.649. The first-order valence-electron chi connectivity index (χ1n) is 10.3. The predicted octanol–water partition coefficient (Wildman–Crippen LogP) is 3.08. The molecule has 4 heterocycles. The van der Waals surface area contributed by atoms with Crippen molar-refractivity contribution < 1.29 is 9.32 Å². The first kappa shape index (κ1) is 20.1. The molecule has 1 aliphatic heterocycles. The molecule has 3 aromatic heterocycles. The topological polar surface area (TPSA) is 101 Å². The lowest BCUT2D eigenvalue weighted by Gasteiger charge is -2.32. The molecule has 0 radical (unpaired) electrons. The van der Waals surface area contributed by atoms with Crippen LogP contribution in [0.4, 0.5) is 10.7 Å². The summed E-state index contributed by atoms with van der Waals surface area (Å²) < 4.78 is 6.99. The van der Waals surface area contributed by atoms with Gasteiger partial charge in [-0.3, -0.25) is 10.2 Å². The average molecular weight is 409 g/mol. The van der Waals surface area contributed by atoms with Crippen molar-refractivity contribution in [3.63, 3.8) is 0 Å². The molecule has 0 unspecified atom stereocenters. The number of nitrogens with zero attached hydrogens (tertiary/aromatic N) is 5. The maximum absolute atomic E-state index is 11.6. The Bertz CT molecular complexity index is 975. The van der Waals surface area contributed by atoms with E-state index in [0.717, 1.165) is 43.1 Å². The summed E-state index contributed by atoms with van der Waals surface area (Å²) in [6, 6.07) is 7.62. The minimum Gasteiger partial charge on any atom is -0.338 e. The fourth-order valence-corrected chi connectivity index (χ4v) is 3.92. The Morgan fingerprint density at radius 2 is 2.13 bits per heavy atom. The zero-order valence-electron chi connectivity index (χ0n) is 17.3. The Balaban J connectivity index is 1.31.